The van der Waals surface area contributed by atoms with Gasteiger partial charge in [0.05, 0.1) is 17.8 Å². The highest BCUT2D eigenvalue weighted by molar-refractivity contribution is 8.00. The van der Waals surface area contributed by atoms with Crippen LogP contribution in [0.25, 0.3) is 44.5 Å². The Balaban J connectivity index is 0.900. The lowest BCUT2D eigenvalue weighted by Crippen LogP contribution is -2.65. The predicted octanol–water partition coefficient (Wildman–Crippen LogP) is 22.2. The summed E-state index contributed by atoms with van der Waals surface area (Å²) < 4.78 is 7.69. The minimum Gasteiger partial charge on any atom is -0.463 e. The van der Waals surface area contributed by atoms with Gasteiger partial charge in [0.2, 0.25) is 13.4 Å². The highest BCUT2D eigenvalue weighted by Gasteiger charge is 2.54. The third-order valence-corrected chi connectivity index (χ3v) is 23.7. The van der Waals surface area contributed by atoms with Crippen LogP contribution >= 0.6 is 11.8 Å². The van der Waals surface area contributed by atoms with Gasteiger partial charge in [0.1, 0.15) is 11.5 Å². The summed E-state index contributed by atoms with van der Waals surface area (Å²) in [6.07, 6.45) is 15.1. The Kier molecular flexibility index (Phi) is 16.1. The topological polar surface area (TPSA) is 22.2 Å². The summed E-state index contributed by atoms with van der Waals surface area (Å²) in [6.45, 7) is 13.7. The summed E-state index contributed by atoms with van der Waals surface area (Å²) in [5, 5.41) is 0. The van der Waals surface area contributed by atoms with E-state index in [9.17, 15) is 0 Å². The fraction of sp³-hybridized carbons (Fsp3) is 0.122. The standard InChI is InChI=1S/C98H80B2N4OS/c1-97(2,3)71-52-46-68(47-53-71)80-40-27-41-81(69-48-54-72(55-49-69)98(4,5)6)96(80)104-87-64-92-85(99-82-42-22-24-44-86(82)103(75-37-20-11-21-38-75)89-60-79(62-93(106-92)95(89)99)101(73-33-16-9-17-34-73)74-35-18-10-19-36-74)63-84(87)100-83-43-23-25-45-90(83)105-91-61-78(59-88(104)94(91)100)102(76-56-50-67(51-57-76)65-28-12-7-13-29-65)77-39-26-32-70(58-77)66-30-14-8-15-31-66/h7-37,39-64,75,88,94H,38H2,1-6H3. The lowest BCUT2D eigenvalue weighted by molar-refractivity contribution is 0.385. The second-order valence-corrected chi connectivity index (χ2v) is 32.2. The SMILES string of the molecule is CC(C)(C)c1ccc(-c2cccc(-c3ccc(C(C)(C)C)cc3)c2N2c3cc4c(cc3B3c5ccccc5OC5=CC(N(c6ccc(-c7ccccc7)cc6)c6cccc(-c7ccccc7)c6)=CC2C35)B2c3ccccc3N(C3C=CC=CC3)c3cc(N(c5ccccc5)c5ccccc5)cc(c32)S4)cc1. The molecular weight excluding hydrogens is 1300 g/mol. The van der Waals surface area contributed by atoms with Gasteiger partial charge in [-0.15, -0.1) is 0 Å². The maximum absolute atomic E-state index is 7.69. The number of benzene rings is 13. The summed E-state index contributed by atoms with van der Waals surface area (Å²) in [6, 6.07) is 116. The number of hydrogen-bond donors (Lipinski definition) is 0. The van der Waals surface area contributed by atoms with Crippen molar-refractivity contribution in [1.29, 1.82) is 0 Å². The van der Waals surface area contributed by atoms with Crippen LogP contribution in [-0.4, -0.2) is 25.5 Å². The Labute approximate surface area is 629 Å². The molecule has 2 aliphatic carbocycles. The molecule has 0 N–H and O–H groups in total. The Bertz CT molecular complexity index is 5570. The largest absolute Gasteiger partial charge is 0.463 e. The molecule has 13 aromatic carbocycles. The van der Waals surface area contributed by atoms with Gasteiger partial charge >= 0.3 is 0 Å². The third-order valence-electron chi connectivity index (χ3n) is 22.6. The number of nitrogens with zero attached hydrogens (tertiary/aromatic N) is 4. The molecule has 0 amide bonds. The molecule has 4 heterocycles. The van der Waals surface area contributed by atoms with E-state index in [1.165, 1.54) is 70.9 Å². The van der Waals surface area contributed by atoms with Gasteiger partial charge in [-0.3, -0.25) is 0 Å². The summed E-state index contributed by atoms with van der Waals surface area (Å²) in [4.78, 5) is 12.9. The minimum absolute atomic E-state index is 0.0455. The predicted molar refractivity (Wildman–Crippen MR) is 450 cm³/mol. The molecule has 3 unspecified atom stereocenters. The van der Waals surface area contributed by atoms with Gasteiger partial charge in [-0.2, -0.15) is 0 Å². The zero-order valence-electron chi connectivity index (χ0n) is 60.6. The molecule has 0 aromatic heterocycles. The van der Waals surface area contributed by atoms with E-state index in [-0.39, 0.29) is 42.2 Å². The van der Waals surface area contributed by atoms with Crippen LogP contribution in [0.2, 0.25) is 5.82 Å². The molecule has 4 aliphatic heterocycles. The first-order valence-corrected chi connectivity index (χ1v) is 38.3. The van der Waals surface area contributed by atoms with Gasteiger partial charge in [-0.1, -0.05) is 319 Å². The maximum atomic E-state index is 7.69. The number of hydrogen-bond acceptors (Lipinski definition) is 6. The molecule has 0 saturated carbocycles. The van der Waals surface area contributed by atoms with E-state index in [1.54, 1.807) is 0 Å². The van der Waals surface area contributed by atoms with E-state index in [1.807, 2.05) is 11.8 Å². The maximum Gasteiger partial charge on any atom is 0.249 e. The van der Waals surface area contributed by atoms with Crippen LogP contribution < -0.4 is 51.7 Å². The zero-order valence-corrected chi connectivity index (χ0v) is 61.4. The lowest BCUT2D eigenvalue weighted by Gasteiger charge is -2.51. The smallest absolute Gasteiger partial charge is 0.249 e. The van der Waals surface area contributed by atoms with Crippen LogP contribution in [0.5, 0.6) is 5.75 Å². The Morgan fingerprint density at radius 1 is 0.406 bits per heavy atom. The molecule has 13 aromatic rings. The summed E-state index contributed by atoms with van der Waals surface area (Å²) in [5.41, 5.74) is 29.5. The molecule has 5 nitrogen and oxygen atoms in total. The molecule has 0 saturated heterocycles. The molecule has 0 radical (unpaired) electrons. The fourth-order valence-corrected chi connectivity index (χ4v) is 18.7. The number of ether oxygens (including phenoxy) is 1. The Hall–Kier alpha value is -11.7. The van der Waals surface area contributed by atoms with Crippen molar-refractivity contribution in [3.8, 4) is 50.3 Å². The first kappa shape index (κ1) is 65.1. The van der Waals surface area contributed by atoms with Crippen molar-refractivity contribution in [2.45, 2.75) is 86.5 Å². The van der Waals surface area contributed by atoms with Crippen molar-refractivity contribution in [2.24, 2.45) is 0 Å². The number of allylic oxidation sites excluding steroid dienone is 3. The molecule has 106 heavy (non-hydrogen) atoms. The molecule has 8 heteroatoms. The van der Waals surface area contributed by atoms with Crippen molar-refractivity contribution < 1.29 is 4.74 Å². The van der Waals surface area contributed by atoms with Crippen LogP contribution in [0.3, 0.4) is 0 Å². The quantitative estimate of drug-likeness (QED) is 0.113. The van der Waals surface area contributed by atoms with Gasteiger partial charge in [-0.05, 0) is 169 Å². The lowest BCUT2D eigenvalue weighted by atomic mass is 9.28. The molecule has 0 bridgehead atoms. The highest BCUT2D eigenvalue weighted by Crippen LogP contribution is 2.55. The van der Waals surface area contributed by atoms with Crippen molar-refractivity contribution in [3.63, 3.8) is 0 Å². The number of fused-ring (bicyclic) bond motifs is 8. The monoisotopic (exact) mass is 1380 g/mol. The first-order valence-electron chi connectivity index (χ1n) is 37.5. The van der Waals surface area contributed by atoms with Crippen molar-refractivity contribution in [1.82, 2.24) is 0 Å². The third kappa shape index (κ3) is 11.4. The van der Waals surface area contributed by atoms with Crippen LogP contribution in [0.15, 0.2) is 367 Å². The van der Waals surface area contributed by atoms with E-state index < -0.39 is 0 Å². The molecule has 0 fully saturated rings. The van der Waals surface area contributed by atoms with E-state index in [2.05, 4.69) is 407 Å². The van der Waals surface area contributed by atoms with Crippen LogP contribution in [-0.2, 0) is 10.8 Å². The van der Waals surface area contributed by atoms with E-state index in [0.29, 0.717) is 0 Å². The second kappa shape index (κ2) is 26.2. The highest BCUT2D eigenvalue weighted by atomic mass is 32.2. The molecule has 19 rings (SSSR count). The van der Waals surface area contributed by atoms with Gasteiger partial charge in [0.15, 0.2) is 0 Å². The fourth-order valence-electron chi connectivity index (χ4n) is 17.5. The molecule has 3 atom stereocenters. The van der Waals surface area contributed by atoms with Crippen LogP contribution in [0.1, 0.15) is 59.1 Å². The normalized spacial score (nSPS) is 16.5. The van der Waals surface area contributed by atoms with Crippen molar-refractivity contribution >= 4 is 104 Å². The summed E-state index contributed by atoms with van der Waals surface area (Å²) in [5.74, 6) is 1.65. The van der Waals surface area contributed by atoms with Gasteiger partial charge in [0.25, 0.3) is 0 Å². The second-order valence-electron chi connectivity index (χ2n) is 31.1. The average Bonchev–Trinajstić information content (AvgIpc) is 0.690. The molecule has 6 aliphatic rings. The number of anilines is 9. The van der Waals surface area contributed by atoms with Gasteiger partial charge in [-0.25, -0.2) is 0 Å². The molecule has 0 spiro atoms. The Morgan fingerprint density at radius 3 is 1.58 bits per heavy atom. The van der Waals surface area contributed by atoms with Crippen LogP contribution in [0, 0.1) is 0 Å². The summed E-state index contributed by atoms with van der Waals surface area (Å²) in [7, 11) is 0. The molecule has 510 valence electrons. The number of rotatable bonds is 12. The van der Waals surface area contributed by atoms with E-state index in [0.717, 1.165) is 96.7 Å². The van der Waals surface area contributed by atoms with Crippen molar-refractivity contribution in [2.75, 3.05) is 19.6 Å². The zero-order chi connectivity index (χ0) is 71.4. The van der Waals surface area contributed by atoms with E-state index >= 15 is 0 Å². The average molecular weight is 1380 g/mol. The van der Waals surface area contributed by atoms with E-state index in [4.69, 9.17) is 4.74 Å². The van der Waals surface area contributed by atoms with Gasteiger partial charge < -0.3 is 24.3 Å². The van der Waals surface area contributed by atoms with Crippen LogP contribution in [0.4, 0.5) is 51.2 Å². The first-order chi connectivity index (χ1) is 51.8. The minimum atomic E-state index is -0.309. The Morgan fingerprint density at radius 2 is 0.953 bits per heavy atom. The number of para-hydroxylation sites is 5. The molecular formula is C98H80B2N4OS. The van der Waals surface area contributed by atoms with Crippen molar-refractivity contribution in [3.05, 3.63) is 368 Å². The summed E-state index contributed by atoms with van der Waals surface area (Å²) >= 11 is 1.94. The van der Waals surface area contributed by atoms with Gasteiger partial charge in [0, 0.05) is 77.9 Å².